The quantitative estimate of drug-likeness (QED) is 0.827. The van der Waals surface area contributed by atoms with Crippen molar-refractivity contribution in [2.45, 2.75) is 33.2 Å². The van der Waals surface area contributed by atoms with Crippen LogP contribution in [0.2, 0.25) is 0 Å². The smallest absolute Gasteiger partial charge is 0.321 e. The number of amides is 2. The standard InChI is InChI=1S/C11H20N2O3S/c1-4-13(11(14)12-7-9(2)3)10-5-6-17(15,16)8-10/h7,10H,4-6,8H2,1-3H3,(H,12,14). The van der Waals surface area contributed by atoms with Gasteiger partial charge in [0.05, 0.1) is 11.5 Å². The number of carbonyl (C=O) groups excluding carboxylic acids is 1. The number of allylic oxidation sites excluding steroid dienone is 1. The van der Waals surface area contributed by atoms with Crippen molar-refractivity contribution >= 4 is 15.9 Å². The van der Waals surface area contributed by atoms with Crippen LogP contribution in [0, 0.1) is 0 Å². The molecule has 5 nitrogen and oxygen atoms in total. The highest BCUT2D eigenvalue weighted by Gasteiger charge is 2.33. The van der Waals surface area contributed by atoms with Crippen molar-refractivity contribution in [1.29, 1.82) is 0 Å². The minimum absolute atomic E-state index is 0.0864. The SMILES string of the molecule is CCN(C(=O)NC=C(C)C)C1CCS(=O)(=O)C1. The van der Waals surface area contributed by atoms with Crippen molar-refractivity contribution in [1.82, 2.24) is 10.2 Å². The molecule has 0 spiro atoms. The van der Waals surface area contributed by atoms with Crippen molar-refractivity contribution in [2.75, 3.05) is 18.1 Å². The highest BCUT2D eigenvalue weighted by molar-refractivity contribution is 7.91. The lowest BCUT2D eigenvalue weighted by atomic mass is 10.2. The molecule has 1 aliphatic rings. The van der Waals surface area contributed by atoms with Crippen LogP contribution in [0.4, 0.5) is 4.79 Å². The molecule has 0 aliphatic carbocycles. The second kappa shape index (κ2) is 5.53. The van der Waals surface area contributed by atoms with Gasteiger partial charge in [-0.15, -0.1) is 0 Å². The molecule has 1 atom stereocenters. The summed E-state index contributed by atoms with van der Waals surface area (Å²) in [7, 11) is -2.95. The summed E-state index contributed by atoms with van der Waals surface area (Å²) in [6.45, 7) is 6.14. The van der Waals surface area contributed by atoms with Crippen LogP contribution in [-0.2, 0) is 9.84 Å². The number of rotatable bonds is 3. The molecule has 1 unspecified atom stereocenters. The van der Waals surface area contributed by atoms with E-state index in [1.165, 1.54) is 0 Å². The van der Waals surface area contributed by atoms with E-state index < -0.39 is 9.84 Å². The Hall–Kier alpha value is -1.04. The summed E-state index contributed by atoms with van der Waals surface area (Å²) in [4.78, 5) is 13.4. The molecule has 6 heteroatoms. The zero-order chi connectivity index (χ0) is 13.1. The Morgan fingerprint density at radius 3 is 2.53 bits per heavy atom. The molecule has 0 aromatic heterocycles. The molecule has 1 fully saturated rings. The summed E-state index contributed by atoms with van der Waals surface area (Å²) in [6, 6.07) is -0.411. The second-order valence-electron chi connectivity index (χ2n) is 4.51. The molecular formula is C11H20N2O3S. The van der Waals surface area contributed by atoms with Gasteiger partial charge in [-0.3, -0.25) is 0 Å². The van der Waals surface area contributed by atoms with Crippen molar-refractivity contribution in [3.05, 3.63) is 11.8 Å². The molecule has 98 valence electrons. The number of carbonyl (C=O) groups is 1. The number of nitrogens with one attached hydrogen (secondary N) is 1. The van der Waals surface area contributed by atoms with Gasteiger partial charge in [0.1, 0.15) is 0 Å². The molecular weight excluding hydrogens is 240 g/mol. The first-order chi connectivity index (χ1) is 7.85. The molecule has 0 bridgehead atoms. The summed E-state index contributed by atoms with van der Waals surface area (Å²) in [5.74, 6) is 0.271. The zero-order valence-corrected chi connectivity index (χ0v) is 11.4. The van der Waals surface area contributed by atoms with Crippen molar-refractivity contribution in [3.63, 3.8) is 0 Å². The van der Waals surface area contributed by atoms with Crippen LogP contribution in [-0.4, -0.2) is 43.4 Å². The van der Waals surface area contributed by atoms with E-state index in [4.69, 9.17) is 0 Å². The number of sulfone groups is 1. The normalized spacial score (nSPS) is 21.9. The highest BCUT2D eigenvalue weighted by atomic mass is 32.2. The minimum Gasteiger partial charge on any atom is -0.321 e. The van der Waals surface area contributed by atoms with Crippen LogP contribution in [0.3, 0.4) is 0 Å². The second-order valence-corrected chi connectivity index (χ2v) is 6.74. The minimum atomic E-state index is -2.95. The zero-order valence-electron chi connectivity index (χ0n) is 10.6. The summed E-state index contributed by atoms with van der Waals surface area (Å²) >= 11 is 0. The van der Waals surface area contributed by atoms with E-state index in [1.54, 1.807) is 11.1 Å². The third-order valence-corrected chi connectivity index (χ3v) is 4.49. The summed E-state index contributed by atoms with van der Waals surface area (Å²) in [5.41, 5.74) is 0.994. The van der Waals surface area contributed by atoms with Crippen molar-refractivity contribution < 1.29 is 13.2 Å². The van der Waals surface area contributed by atoms with E-state index in [9.17, 15) is 13.2 Å². The first-order valence-corrected chi connectivity index (χ1v) is 7.59. The molecule has 0 aromatic carbocycles. The monoisotopic (exact) mass is 260 g/mol. The van der Waals surface area contributed by atoms with Gasteiger partial charge in [0, 0.05) is 18.8 Å². The maximum absolute atomic E-state index is 11.9. The van der Waals surface area contributed by atoms with Gasteiger partial charge in [-0.1, -0.05) is 5.57 Å². The molecule has 1 saturated heterocycles. The molecule has 0 saturated carbocycles. The fraction of sp³-hybridized carbons (Fsp3) is 0.727. The molecule has 1 aliphatic heterocycles. The van der Waals surface area contributed by atoms with Crippen molar-refractivity contribution in [2.24, 2.45) is 0 Å². The summed E-state index contributed by atoms with van der Waals surface area (Å²) in [6.07, 6.45) is 2.17. The lowest BCUT2D eigenvalue weighted by Gasteiger charge is -2.26. The Balaban J connectivity index is 2.66. The summed E-state index contributed by atoms with van der Waals surface area (Å²) < 4.78 is 22.8. The van der Waals surface area contributed by atoms with Gasteiger partial charge in [0.25, 0.3) is 0 Å². The Bertz CT molecular complexity index is 410. The van der Waals surface area contributed by atoms with Gasteiger partial charge in [-0.05, 0) is 27.2 Å². The molecule has 0 radical (unpaired) electrons. The Labute approximate surface area is 103 Å². The van der Waals surface area contributed by atoms with Crippen LogP contribution in [0.1, 0.15) is 27.2 Å². The van der Waals surface area contributed by atoms with E-state index in [0.717, 1.165) is 5.57 Å². The first kappa shape index (κ1) is 14.0. The third kappa shape index (κ3) is 4.03. The van der Waals surface area contributed by atoms with Crippen LogP contribution in [0.5, 0.6) is 0 Å². The molecule has 17 heavy (non-hydrogen) atoms. The van der Waals surface area contributed by atoms with E-state index in [0.29, 0.717) is 13.0 Å². The van der Waals surface area contributed by atoms with Gasteiger partial charge < -0.3 is 10.2 Å². The van der Waals surface area contributed by atoms with Gasteiger partial charge >= 0.3 is 6.03 Å². The van der Waals surface area contributed by atoms with Gasteiger partial charge in [0.15, 0.2) is 9.84 Å². The number of hydrogen-bond donors (Lipinski definition) is 1. The van der Waals surface area contributed by atoms with Crippen LogP contribution in [0.25, 0.3) is 0 Å². The average Bonchev–Trinajstić information content (AvgIpc) is 2.57. The maximum Gasteiger partial charge on any atom is 0.321 e. The van der Waals surface area contributed by atoms with Crippen LogP contribution >= 0.6 is 0 Å². The molecule has 0 aromatic rings. The fourth-order valence-corrected chi connectivity index (χ4v) is 3.61. The highest BCUT2D eigenvalue weighted by Crippen LogP contribution is 2.17. The van der Waals surface area contributed by atoms with E-state index >= 15 is 0 Å². The molecule has 2 amide bonds. The van der Waals surface area contributed by atoms with Crippen LogP contribution in [0.15, 0.2) is 11.8 Å². The number of urea groups is 1. The van der Waals surface area contributed by atoms with Crippen molar-refractivity contribution in [3.8, 4) is 0 Å². The largest absolute Gasteiger partial charge is 0.321 e. The Kier molecular flexibility index (Phi) is 4.56. The maximum atomic E-state index is 11.9. The summed E-state index contributed by atoms with van der Waals surface area (Å²) in [5, 5.41) is 2.67. The van der Waals surface area contributed by atoms with E-state index in [1.807, 2.05) is 20.8 Å². The predicted molar refractivity (Wildman–Crippen MR) is 67.4 cm³/mol. The molecule has 1 heterocycles. The Morgan fingerprint density at radius 2 is 2.12 bits per heavy atom. The Morgan fingerprint density at radius 1 is 1.47 bits per heavy atom. The molecule has 1 N–H and O–H groups in total. The first-order valence-electron chi connectivity index (χ1n) is 5.76. The third-order valence-electron chi connectivity index (χ3n) is 2.74. The van der Waals surface area contributed by atoms with Gasteiger partial charge in [0.2, 0.25) is 0 Å². The van der Waals surface area contributed by atoms with E-state index in [-0.39, 0.29) is 23.6 Å². The predicted octanol–water partition coefficient (Wildman–Crippen LogP) is 1.13. The van der Waals surface area contributed by atoms with Gasteiger partial charge in [-0.25, -0.2) is 13.2 Å². The topological polar surface area (TPSA) is 66.5 Å². The fourth-order valence-electron chi connectivity index (χ4n) is 1.88. The lowest BCUT2D eigenvalue weighted by Crippen LogP contribution is -2.45. The van der Waals surface area contributed by atoms with Gasteiger partial charge in [-0.2, -0.15) is 0 Å². The average molecular weight is 260 g/mol. The lowest BCUT2D eigenvalue weighted by molar-refractivity contribution is 0.187. The van der Waals surface area contributed by atoms with Crippen LogP contribution < -0.4 is 5.32 Å². The number of nitrogens with zero attached hydrogens (tertiary/aromatic N) is 1. The van der Waals surface area contributed by atoms with E-state index in [2.05, 4.69) is 5.32 Å². The molecule has 1 rings (SSSR count). The number of hydrogen-bond acceptors (Lipinski definition) is 3.